The van der Waals surface area contributed by atoms with Gasteiger partial charge in [-0.15, -0.1) is 0 Å². The lowest BCUT2D eigenvalue weighted by molar-refractivity contribution is -0.135. The number of carbonyl (C=O) groups is 1. The molecule has 6 nitrogen and oxygen atoms in total. The number of amides is 1. The number of fused-ring (bicyclic) bond motifs is 4. The lowest BCUT2D eigenvalue weighted by Gasteiger charge is -2.32. The molecule has 2 aromatic carbocycles. The summed E-state index contributed by atoms with van der Waals surface area (Å²) in [4.78, 5) is 28.4. The number of hydrogen-bond donors (Lipinski definition) is 0. The van der Waals surface area contributed by atoms with Crippen molar-refractivity contribution in [1.29, 1.82) is 0 Å². The molecule has 2 aromatic heterocycles. The van der Waals surface area contributed by atoms with E-state index in [2.05, 4.69) is 0 Å². The van der Waals surface area contributed by atoms with E-state index in [1.807, 2.05) is 72.3 Å². The van der Waals surface area contributed by atoms with Crippen LogP contribution in [-0.2, 0) is 17.6 Å². The summed E-state index contributed by atoms with van der Waals surface area (Å²) in [5.74, 6) is -1.54. The largest absolute Gasteiger partial charge is 0.341 e. The summed E-state index contributed by atoms with van der Waals surface area (Å²) in [6.07, 6.45) is 3.51. The third kappa shape index (κ3) is 2.34. The Labute approximate surface area is 173 Å². The molecule has 0 unspecified atom stereocenters. The van der Waals surface area contributed by atoms with Crippen LogP contribution in [0.15, 0.2) is 71.7 Å². The zero-order valence-corrected chi connectivity index (χ0v) is 17.0. The maximum Gasteiger partial charge on any atom is 0.279 e. The Morgan fingerprint density at radius 1 is 0.967 bits per heavy atom. The first kappa shape index (κ1) is 18.4. The molecule has 4 aromatic rings. The molecule has 0 saturated heterocycles. The predicted octanol–water partition coefficient (Wildman–Crippen LogP) is 3.90. The number of ether oxygens (including phenoxy) is 1. The van der Waals surface area contributed by atoms with E-state index in [0.717, 1.165) is 21.9 Å². The fourth-order valence-corrected chi connectivity index (χ4v) is 4.35. The summed E-state index contributed by atoms with van der Waals surface area (Å²) in [5, 5.41) is 1.71. The number of benzene rings is 2. The summed E-state index contributed by atoms with van der Waals surface area (Å²) < 4.78 is 9.08. The normalized spacial score (nSPS) is 18.8. The maximum absolute atomic E-state index is 13.6. The number of aryl methyl sites for hydroxylation is 1. The molecule has 0 spiro atoms. The molecule has 150 valence electrons. The lowest BCUT2D eigenvalue weighted by Crippen LogP contribution is -2.46. The molecule has 0 N–H and O–H groups in total. The van der Waals surface area contributed by atoms with Gasteiger partial charge in [0.05, 0.1) is 0 Å². The van der Waals surface area contributed by atoms with E-state index >= 15 is 0 Å². The van der Waals surface area contributed by atoms with Crippen molar-refractivity contribution in [3.05, 3.63) is 88.5 Å². The number of pyridine rings is 1. The molecule has 0 aliphatic carbocycles. The monoisotopic (exact) mass is 399 g/mol. The summed E-state index contributed by atoms with van der Waals surface area (Å²) in [6.45, 7) is 1.73. The first-order chi connectivity index (χ1) is 14.5. The number of para-hydroxylation sites is 1. The van der Waals surface area contributed by atoms with Gasteiger partial charge in [0.25, 0.3) is 11.5 Å². The van der Waals surface area contributed by atoms with Crippen LogP contribution in [0.25, 0.3) is 27.9 Å². The number of hydrogen-bond acceptors (Lipinski definition) is 3. The minimum atomic E-state index is -1.26. The van der Waals surface area contributed by atoms with Crippen molar-refractivity contribution in [1.82, 2.24) is 14.0 Å². The fourth-order valence-electron chi connectivity index (χ4n) is 4.35. The molecule has 30 heavy (non-hydrogen) atoms. The second kappa shape index (κ2) is 6.43. The quantitative estimate of drug-likeness (QED) is 0.525. The summed E-state index contributed by atoms with van der Waals surface area (Å²) in [5.41, 5.74) is 2.50. The predicted molar refractivity (Wildman–Crippen MR) is 117 cm³/mol. The highest BCUT2D eigenvalue weighted by molar-refractivity contribution is 6.10. The minimum Gasteiger partial charge on any atom is -0.341 e. The molecule has 1 atom stereocenters. The van der Waals surface area contributed by atoms with Crippen molar-refractivity contribution in [3.63, 3.8) is 0 Å². The molecule has 1 amide bonds. The average Bonchev–Trinajstić information content (AvgIpc) is 3.18. The molecule has 0 radical (unpaired) electrons. The van der Waals surface area contributed by atoms with Gasteiger partial charge in [0.2, 0.25) is 5.85 Å². The maximum atomic E-state index is 13.6. The molecule has 3 heterocycles. The Morgan fingerprint density at radius 2 is 1.67 bits per heavy atom. The highest BCUT2D eigenvalue weighted by atomic mass is 16.5. The van der Waals surface area contributed by atoms with Crippen LogP contribution in [0.1, 0.15) is 23.0 Å². The zero-order valence-electron chi connectivity index (χ0n) is 17.0. The van der Waals surface area contributed by atoms with Crippen molar-refractivity contribution in [2.24, 2.45) is 7.05 Å². The van der Waals surface area contributed by atoms with Crippen LogP contribution in [0.3, 0.4) is 0 Å². The first-order valence-corrected chi connectivity index (χ1v) is 9.73. The van der Waals surface area contributed by atoms with Crippen molar-refractivity contribution in [2.45, 2.75) is 12.8 Å². The van der Waals surface area contributed by atoms with Gasteiger partial charge in [0.15, 0.2) is 0 Å². The van der Waals surface area contributed by atoms with Gasteiger partial charge >= 0.3 is 0 Å². The molecule has 0 saturated carbocycles. The number of rotatable bonds is 3. The van der Waals surface area contributed by atoms with Crippen LogP contribution < -0.4 is 5.56 Å². The van der Waals surface area contributed by atoms with Crippen LogP contribution in [0.2, 0.25) is 0 Å². The van der Waals surface area contributed by atoms with Crippen molar-refractivity contribution in [2.75, 3.05) is 7.11 Å². The topological polar surface area (TPSA) is 56.5 Å². The molecule has 0 bridgehead atoms. The van der Waals surface area contributed by atoms with Gasteiger partial charge in [-0.3, -0.25) is 19.1 Å². The van der Waals surface area contributed by atoms with Gasteiger partial charge in [0.1, 0.15) is 11.2 Å². The van der Waals surface area contributed by atoms with Gasteiger partial charge in [0, 0.05) is 43.6 Å². The standard InChI is InChI=1S/C24H21N3O3/c1-24(30-3)26(14-13-16-9-5-4-6-10-16)22(28)20-15-18-17-11-7-8-12-19(17)25(2)21(18)23(29)27(20)24/h4-15H,1-3H3/t24-/m0/s1. The highest BCUT2D eigenvalue weighted by Crippen LogP contribution is 2.35. The molecular weight excluding hydrogens is 378 g/mol. The van der Waals surface area contributed by atoms with Crippen molar-refractivity contribution < 1.29 is 9.53 Å². The SMILES string of the molecule is CO[C@@]1(C)N(C=Cc2ccccc2)C(=O)c2cc3c4ccccc4n(C)c3c(=O)n21. The summed E-state index contributed by atoms with van der Waals surface area (Å²) in [7, 11) is 3.37. The molecule has 5 rings (SSSR count). The second-order valence-corrected chi connectivity index (χ2v) is 7.55. The van der Waals surface area contributed by atoms with Gasteiger partial charge in [-0.1, -0.05) is 48.5 Å². The Morgan fingerprint density at radius 3 is 2.40 bits per heavy atom. The number of nitrogens with zero attached hydrogens (tertiary/aromatic N) is 3. The Hall–Kier alpha value is -3.64. The van der Waals surface area contributed by atoms with Crippen molar-refractivity contribution >= 4 is 33.8 Å². The van der Waals surface area contributed by atoms with Crippen LogP contribution in [0.5, 0.6) is 0 Å². The zero-order chi connectivity index (χ0) is 21.0. The summed E-state index contributed by atoms with van der Waals surface area (Å²) >= 11 is 0. The molecule has 1 aliphatic heterocycles. The van der Waals surface area contributed by atoms with Crippen LogP contribution in [0.4, 0.5) is 0 Å². The van der Waals surface area contributed by atoms with E-state index < -0.39 is 5.85 Å². The highest BCUT2D eigenvalue weighted by Gasteiger charge is 2.47. The molecule has 0 fully saturated rings. The number of aromatic nitrogens is 2. The Bertz CT molecular complexity index is 1400. The molecule has 1 aliphatic rings. The fraction of sp³-hybridized carbons (Fsp3) is 0.167. The van der Waals surface area contributed by atoms with E-state index in [1.165, 1.54) is 16.6 Å². The van der Waals surface area contributed by atoms with Gasteiger partial charge < -0.3 is 9.30 Å². The second-order valence-electron chi connectivity index (χ2n) is 7.55. The Kier molecular flexibility index (Phi) is 3.95. The van der Waals surface area contributed by atoms with E-state index in [4.69, 9.17) is 4.74 Å². The van der Waals surface area contributed by atoms with E-state index in [-0.39, 0.29) is 11.5 Å². The third-order valence-electron chi connectivity index (χ3n) is 5.98. The number of methoxy groups -OCH3 is 1. The third-order valence-corrected chi connectivity index (χ3v) is 5.98. The lowest BCUT2D eigenvalue weighted by atomic mass is 10.1. The van der Waals surface area contributed by atoms with Crippen molar-refractivity contribution in [3.8, 4) is 0 Å². The van der Waals surface area contributed by atoms with Gasteiger partial charge in [-0.25, -0.2) is 0 Å². The van der Waals surface area contributed by atoms with Gasteiger partial charge in [-0.05, 0) is 23.8 Å². The van der Waals surface area contributed by atoms with Crippen LogP contribution in [-0.4, -0.2) is 27.1 Å². The van der Waals surface area contributed by atoms with E-state index in [1.54, 1.807) is 19.2 Å². The first-order valence-electron chi connectivity index (χ1n) is 9.73. The summed E-state index contributed by atoms with van der Waals surface area (Å²) in [6, 6.07) is 19.3. The van der Waals surface area contributed by atoms with Gasteiger partial charge in [-0.2, -0.15) is 0 Å². The van der Waals surface area contributed by atoms with Crippen LogP contribution >= 0.6 is 0 Å². The van der Waals surface area contributed by atoms with E-state index in [9.17, 15) is 9.59 Å². The minimum absolute atomic E-state index is 0.255. The Balaban J connectivity index is 1.76. The van der Waals surface area contributed by atoms with E-state index in [0.29, 0.717) is 11.2 Å². The number of carbonyl (C=O) groups excluding carboxylic acids is 1. The molecule has 6 heteroatoms. The smallest absolute Gasteiger partial charge is 0.279 e. The van der Waals surface area contributed by atoms with Crippen LogP contribution in [0, 0.1) is 0 Å². The molecular formula is C24H21N3O3. The average molecular weight is 399 g/mol.